The van der Waals surface area contributed by atoms with E-state index < -0.39 is 5.91 Å². The van der Waals surface area contributed by atoms with Gasteiger partial charge in [-0.05, 0) is 12.1 Å². The molecule has 0 aromatic carbocycles. The molecule has 0 aliphatic heterocycles. The van der Waals surface area contributed by atoms with Gasteiger partial charge in [0, 0.05) is 26.3 Å². The fourth-order valence-electron chi connectivity index (χ4n) is 0.509. The molecular weight excluding hydrogens is 308 g/mol. The maximum absolute atomic E-state index is 10.4. The molecule has 0 spiro atoms. The zero-order chi connectivity index (χ0) is 6.69. The SMILES string of the molecule is NC(=O)c1ccccn1.[Ir]. The number of pyridine rings is 1. The minimum atomic E-state index is -0.490. The minimum absolute atomic E-state index is 0. The van der Waals surface area contributed by atoms with Gasteiger partial charge in [0.05, 0.1) is 0 Å². The summed E-state index contributed by atoms with van der Waals surface area (Å²) in [6.45, 7) is 0. The Bertz CT molecular complexity index is 212. The molecule has 1 heterocycles. The van der Waals surface area contributed by atoms with E-state index in [9.17, 15) is 4.79 Å². The fourth-order valence-corrected chi connectivity index (χ4v) is 0.509. The number of aromatic nitrogens is 1. The van der Waals surface area contributed by atoms with Gasteiger partial charge < -0.3 is 5.73 Å². The van der Waals surface area contributed by atoms with Crippen LogP contribution in [0.3, 0.4) is 0 Å². The Hall–Kier alpha value is -0.731. The van der Waals surface area contributed by atoms with Gasteiger partial charge >= 0.3 is 0 Å². The van der Waals surface area contributed by atoms with Gasteiger partial charge in [0.25, 0.3) is 5.91 Å². The molecule has 0 bridgehead atoms. The number of hydrogen-bond donors (Lipinski definition) is 1. The molecule has 0 saturated heterocycles. The summed E-state index contributed by atoms with van der Waals surface area (Å²) in [4.78, 5) is 14.1. The number of carbonyl (C=O) groups is 1. The molecule has 1 amide bonds. The van der Waals surface area contributed by atoms with Crippen molar-refractivity contribution in [2.24, 2.45) is 5.73 Å². The average Bonchev–Trinajstić information content (AvgIpc) is 1.90. The van der Waals surface area contributed by atoms with E-state index in [0.29, 0.717) is 5.69 Å². The number of hydrogen-bond acceptors (Lipinski definition) is 2. The van der Waals surface area contributed by atoms with Gasteiger partial charge in [-0.2, -0.15) is 0 Å². The molecule has 1 aromatic rings. The van der Waals surface area contributed by atoms with Crippen LogP contribution < -0.4 is 5.73 Å². The Balaban J connectivity index is 0.000000810. The maximum Gasteiger partial charge on any atom is 0.267 e. The number of nitrogens with zero attached hydrogens (tertiary/aromatic N) is 1. The van der Waals surface area contributed by atoms with Crippen LogP contribution in [0.5, 0.6) is 0 Å². The topological polar surface area (TPSA) is 56.0 Å². The summed E-state index contributed by atoms with van der Waals surface area (Å²) in [5.41, 5.74) is 5.22. The smallest absolute Gasteiger partial charge is 0.267 e. The Morgan fingerprint density at radius 2 is 2.20 bits per heavy atom. The molecule has 3 nitrogen and oxygen atoms in total. The van der Waals surface area contributed by atoms with Crippen LogP contribution in [0.1, 0.15) is 10.5 Å². The second-order valence-corrected chi connectivity index (χ2v) is 1.58. The molecule has 0 unspecified atom stereocenters. The van der Waals surface area contributed by atoms with E-state index >= 15 is 0 Å². The first-order valence-electron chi connectivity index (χ1n) is 2.51. The van der Waals surface area contributed by atoms with Crippen LogP contribution in [-0.2, 0) is 20.1 Å². The molecule has 0 fully saturated rings. The monoisotopic (exact) mass is 315 g/mol. The molecule has 0 atom stereocenters. The van der Waals surface area contributed by atoms with Crippen LogP contribution in [-0.4, -0.2) is 10.9 Å². The van der Waals surface area contributed by atoms with E-state index in [1.54, 1.807) is 18.2 Å². The Labute approximate surface area is 72.0 Å². The van der Waals surface area contributed by atoms with Crippen LogP contribution >= 0.6 is 0 Å². The third-order valence-corrected chi connectivity index (χ3v) is 0.917. The zero-order valence-electron chi connectivity index (χ0n) is 5.08. The average molecular weight is 314 g/mol. The van der Waals surface area contributed by atoms with Crippen LogP contribution in [0.2, 0.25) is 0 Å². The van der Waals surface area contributed by atoms with Crippen molar-refractivity contribution in [3.05, 3.63) is 30.1 Å². The van der Waals surface area contributed by atoms with Crippen LogP contribution in [0.4, 0.5) is 0 Å². The predicted molar refractivity (Wildman–Crippen MR) is 32.8 cm³/mol. The van der Waals surface area contributed by atoms with Crippen LogP contribution in [0.15, 0.2) is 24.4 Å². The largest absolute Gasteiger partial charge is 0.364 e. The predicted octanol–water partition coefficient (Wildman–Crippen LogP) is 0.178. The van der Waals surface area contributed by atoms with E-state index in [1.165, 1.54) is 6.20 Å². The van der Waals surface area contributed by atoms with E-state index in [0.717, 1.165) is 0 Å². The number of nitrogens with two attached hydrogens (primary N) is 1. The van der Waals surface area contributed by atoms with Gasteiger partial charge in [0.1, 0.15) is 5.69 Å². The van der Waals surface area contributed by atoms with Crippen molar-refractivity contribution in [1.82, 2.24) is 4.98 Å². The van der Waals surface area contributed by atoms with Crippen molar-refractivity contribution in [3.63, 3.8) is 0 Å². The van der Waals surface area contributed by atoms with Crippen LogP contribution in [0.25, 0.3) is 0 Å². The van der Waals surface area contributed by atoms with Crippen molar-refractivity contribution in [2.75, 3.05) is 0 Å². The molecule has 10 heavy (non-hydrogen) atoms. The van der Waals surface area contributed by atoms with Crippen molar-refractivity contribution in [2.45, 2.75) is 0 Å². The van der Waals surface area contributed by atoms with Crippen molar-refractivity contribution in [1.29, 1.82) is 0 Å². The van der Waals surface area contributed by atoms with Gasteiger partial charge in [-0.3, -0.25) is 9.78 Å². The van der Waals surface area contributed by atoms with Gasteiger partial charge in [-0.25, -0.2) is 0 Å². The molecule has 1 radical (unpaired) electrons. The summed E-state index contributed by atoms with van der Waals surface area (Å²) in [6.07, 6.45) is 1.53. The molecular formula is C6H6IrN2O. The molecule has 55 valence electrons. The first-order chi connectivity index (χ1) is 4.30. The van der Waals surface area contributed by atoms with Gasteiger partial charge in [0.15, 0.2) is 0 Å². The van der Waals surface area contributed by atoms with Crippen molar-refractivity contribution >= 4 is 5.91 Å². The van der Waals surface area contributed by atoms with Gasteiger partial charge in [-0.1, -0.05) is 6.07 Å². The molecule has 2 N–H and O–H groups in total. The standard InChI is InChI=1S/C6H6N2O.Ir/c7-6(9)5-3-1-2-4-8-5;/h1-4H,(H2,7,9);. The van der Waals surface area contributed by atoms with E-state index in [2.05, 4.69) is 4.98 Å². The Kier molecular flexibility index (Phi) is 3.84. The summed E-state index contributed by atoms with van der Waals surface area (Å²) >= 11 is 0. The van der Waals surface area contributed by atoms with Gasteiger partial charge in [0.2, 0.25) is 0 Å². The first-order valence-corrected chi connectivity index (χ1v) is 2.51. The van der Waals surface area contributed by atoms with Crippen molar-refractivity contribution in [3.8, 4) is 0 Å². The summed E-state index contributed by atoms with van der Waals surface area (Å²) < 4.78 is 0. The molecule has 0 aliphatic rings. The summed E-state index contributed by atoms with van der Waals surface area (Å²) in [5, 5.41) is 0. The molecule has 4 heteroatoms. The number of primary amides is 1. The first kappa shape index (κ1) is 9.27. The quantitative estimate of drug-likeness (QED) is 0.804. The Morgan fingerprint density at radius 1 is 1.50 bits per heavy atom. The second-order valence-electron chi connectivity index (χ2n) is 1.58. The van der Waals surface area contributed by atoms with Crippen molar-refractivity contribution < 1.29 is 24.9 Å². The normalized spacial score (nSPS) is 8.00. The minimum Gasteiger partial charge on any atom is -0.364 e. The maximum atomic E-state index is 10.4. The second kappa shape index (κ2) is 4.14. The third kappa shape index (κ3) is 2.25. The summed E-state index contributed by atoms with van der Waals surface area (Å²) in [7, 11) is 0. The third-order valence-electron chi connectivity index (χ3n) is 0.917. The van der Waals surface area contributed by atoms with Crippen LogP contribution in [0, 0.1) is 0 Å². The van der Waals surface area contributed by atoms with E-state index in [-0.39, 0.29) is 20.1 Å². The van der Waals surface area contributed by atoms with E-state index in [1.807, 2.05) is 0 Å². The van der Waals surface area contributed by atoms with E-state index in [4.69, 9.17) is 5.73 Å². The number of carbonyl (C=O) groups excluding carboxylic acids is 1. The molecule has 0 saturated carbocycles. The van der Waals surface area contributed by atoms with Gasteiger partial charge in [-0.15, -0.1) is 0 Å². The molecule has 1 rings (SSSR count). The zero-order valence-corrected chi connectivity index (χ0v) is 7.47. The molecule has 1 aromatic heterocycles. The fraction of sp³-hybridized carbons (Fsp3) is 0. The number of amides is 1. The number of rotatable bonds is 1. The summed E-state index contributed by atoms with van der Waals surface area (Å²) in [5.74, 6) is -0.490. The Morgan fingerprint density at radius 3 is 2.50 bits per heavy atom. The summed E-state index contributed by atoms with van der Waals surface area (Å²) in [6, 6.07) is 5.02. The molecule has 0 aliphatic carbocycles.